The van der Waals surface area contributed by atoms with E-state index in [-0.39, 0.29) is 17.9 Å². The Bertz CT molecular complexity index is 569. The van der Waals surface area contributed by atoms with E-state index in [4.69, 9.17) is 10.5 Å². The lowest BCUT2D eigenvalue weighted by molar-refractivity contribution is 0.0963. The molecule has 24 heavy (non-hydrogen) atoms. The molecule has 0 aliphatic carbocycles. The predicted molar refractivity (Wildman–Crippen MR) is 93.1 cm³/mol. The Morgan fingerprint density at radius 2 is 2.21 bits per heavy atom. The van der Waals surface area contributed by atoms with Crippen LogP contribution in [0, 0.1) is 0 Å². The fourth-order valence-electron chi connectivity index (χ4n) is 2.69. The number of rotatable bonds is 5. The van der Waals surface area contributed by atoms with E-state index in [2.05, 4.69) is 10.3 Å². The molecule has 2 rings (SSSR count). The fraction of sp³-hybridized carbons (Fsp3) is 0.529. The van der Waals surface area contributed by atoms with Crippen LogP contribution in [0.5, 0.6) is 5.75 Å². The molecule has 1 aliphatic heterocycles. The Kier molecular flexibility index (Phi) is 6.72. The van der Waals surface area contributed by atoms with E-state index in [1.807, 2.05) is 12.1 Å². The topological polar surface area (TPSA) is 100 Å². The van der Waals surface area contributed by atoms with Gasteiger partial charge in [-0.3, -0.25) is 4.99 Å². The maximum atomic E-state index is 11.6. The number of carbonyl (C=O) groups is 1. The third kappa shape index (κ3) is 5.64. The molecule has 1 heterocycles. The van der Waals surface area contributed by atoms with Crippen molar-refractivity contribution in [3.63, 3.8) is 0 Å². The van der Waals surface area contributed by atoms with Crippen molar-refractivity contribution in [2.45, 2.75) is 32.2 Å². The second-order valence-corrected chi connectivity index (χ2v) is 5.79. The summed E-state index contributed by atoms with van der Waals surface area (Å²) >= 11 is 0. The molecule has 1 aromatic rings. The molecule has 1 fully saturated rings. The molecule has 7 nitrogen and oxygen atoms in total. The number of likely N-dealkylation sites (tertiary alicyclic amines) is 1. The molecule has 0 spiro atoms. The number of piperidine rings is 1. The van der Waals surface area contributed by atoms with Gasteiger partial charge >= 0.3 is 6.09 Å². The first kappa shape index (κ1) is 17.9. The van der Waals surface area contributed by atoms with Crippen LogP contribution in [0.15, 0.2) is 29.3 Å². The first-order valence-corrected chi connectivity index (χ1v) is 8.34. The smallest absolute Gasteiger partial charge is 0.409 e. The number of hydrogen-bond donors (Lipinski definition) is 3. The number of benzene rings is 1. The summed E-state index contributed by atoms with van der Waals surface area (Å²) in [5, 5.41) is 12.6. The molecular weight excluding hydrogens is 308 g/mol. The molecule has 0 unspecified atom stereocenters. The Morgan fingerprint density at radius 1 is 1.46 bits per heavy atom. The highest BCUT2D eigenvalue weighted by molar-refractivity contribution is 5.78. The number of guanidine groups is 1. The summed E-state index contributed by atoms with van der Waals surface area (Å²) < 4.78 is 5.00. The summed E-state index contributed by atoms with van der Waals surface area (Å²) in [6.07, 6.45) is 2.12. The van der Waals surface area contributed by atoms with Gasteiger partial charge < -0.3 is 25.8 Å². The number of hydrogen-bond acceptors (Lipinski definition) is 4. The molecule has 1 saturated heterocycles. The summed E-state index contributed by atoms with van der Waals surface area (Å²) in [4.78, 5) is 17.7. The zero-order chi connectivity index (χ0) is 17.4. The third-order valence-corrected chi connectivity index (χ3v) is 3.97. The zero-order valence-corrected chi connectivity index (χ0v) is 14.1. The lowest BCUT2D eigenvalue weighted by Gasteiger charge is -2.31. The Hall–Kier alpha value is -2.44. The molecule has 1 aliphatic rings. The summed E-state index contributed by atoms with van der Waals surface area (Å²) in [6.45, 7) is 4.08. The predicted octanol–water partition coefficient (Wildman–Crippen LogP) is 1.46. The number of phenols is 1. The van der Waals surface area contributed by atoms with E-state index in [0.29, 0.717) is 32.2 Å². The zero-order valence-electron chi connectivity index (χ0n) is 14.1. The second-order valence-electron chi connectivity index (χ2n) is 5.79. The second kappa shape index (κ2) is 9.00. The summed E-state index contributed by atoms with van der Waals surface area (Å²) in [5.41, 5.74) is 6.95. The van der Waals surface area contributed by atoms with Crippen molar-refractivity contribution in [1.82, 2.24) is 10.2 Å². The van der Waals surface area contributed by atoms with Gasteiger partial charge in [-0.05, 0) is 43.9 Å². The highest BCUT2D eigenvalue weighted by Crippen LogP contribution is 2.12. The Morgan fingerprint density at radius 3 is 2.88 bits per heavy atom. The van der Waals surface area contributed by atoms with Crippen molar-refractivity contribution in [2.75, 3.05) is 26.2 Å². The van der Waals surface area contributed by atoms with Crippen LogP contribution in [0.3, 0.4) is 0 Å². The highest BCUT2D eigenvalue weighted by Gasteiger charge is 2.23. The lowest BCUT2D eigenvalue weighted by Crippen LogP contribution is -2.48. The average Bonchev–Trinajstić information content (AvgIpc) is 2.56. The van der Waals surface area contributed by atoms with Crippen molar-refractivity contribution in [2.24, 2.45) is 10.7 Å². The normalized spacial score (nSPS) is 16.0. The van der Waals surface area contributed by atoms with E-state index in [0.717, 1.165) is 24.8 Å². The van der Waals surface area contributed by atoms with Crippen molar-refractivity contribution < 1.29 is 14.6 Å². The molecular formula is C17H26N4O3. The maximum Gasteiger partial charge on any atom is 0.409 e. The van der Waals surface area contributed by atoms with Crippen molar-refractivity contribution >= 4 is 12.1 Å². The number of nitrogens with two attached hydrogens (primary N) is 1. The molecule has 1 amide bonds. The monoisotopic (exact) mass is 334 g/mol. The van der Waals surface area contributed by atoms with E-state index < -0.39 is 0 Å². The first-order chi connectivity index (χ1) is 11.6. The van der Waals surface area contributed by atoms with E-state index in [9.17, 15) is 9.90 Å². The van der Waals surface area contributed by atoms with Gasteiger partial charge in [-0.25, -0.2) is 4.79 Å². The number of amides is 1. The molecule has 4 N–H and O–H groups in total. The quantitative estimate of drug-likeness (QED) is 0.559. The third-order valence-electron chi connectivity index (χ3n) is 3.97. The minimum Gasteiger partial charge on any atom is -0.508 e. The van der Waals surface area contributed by atoms with Gasteiger partial charge in [-0.2, -0.15) is 0 Å². The van der Waals surface area contributed by atoms with Crippen LogP contribution >= 0.6 is 0 Å². The first-order valence-electron chi connectivity index (χ1n) is 8.34. The van der Waals surface area contributed by atoms with Crippen LogP contribution in [0.2, 0.25) is 0 Å². The van der Waals surface area contributed by atoms with Crippen LogP contribution < -0.4 is 11.1 Å². The van der Waals surface area contributed by atoms with Gasteiger partial charge in [0.25, 0.3) is 0 Å². The van der Waals surface area contributed by atoms with Gasteiger partial charge in [-0.15, -0.1) is 0 Å². The van der Waals surface area contributed by atoms with Gasteiger partial charge in [0.1, 0.15) is 5.75 Å². The van der Waals surface area contributed by atoms with Crippen LogP contribution in [0.25, 0.3) is 0 Å². The van der Waals surface area contributed by atoms with Crippen LogP contribution in [0.1, 0.15) is 25.3 Å². The average molecular weight is 334 g/mol. The summed E-state index contributed by atoms with van der Waals surface area (Å²) in [7, 11) is 0. The largest absolute Gasteiger partial charge is 0.508 e. The molecule has 0 atom stereocenters. The summed E-state index contributed by atoms with van der Waals surface area (Å²) in [6, 6.07) is 7.35. The van der Waals surface area contributed by atoms with E-state index in [1.54, 1.807) is 24.0 Å². The Labute approximate surface area is 142 Å². The number of phenolic OH excluding ortho intramolecular Hbond substituents is 1. The van der Waals surface area contributed by atoms with Gasteiger partial charge in [0, 0.05) is 25.7 Å². The molecule has 132 valence electrons. The molecule has 1 aromatic carbocycles. The van der Waals surface area contributed by atoms with Crippen molar-refractivity contribution in [1.29, 1.82) is 0 Å². The van der Waals surface area contributed by atoms with Gasteiger partial charge in [-0.1, -0.05) is 12.1 Å². The number of nitrogens with one attached hydrogen (secondary N) is 1. The molecule has 0 aromatic heterocycles. The van der Waals surface area contributed by atoms with Gasteiger partial charge in [0.2, 0.25) is 0 Å². The maximum absolute atomic E-state index is 11.6. The number of aliphatic imine (C=N–C) groups is 1. The molecule has 0 radical (unpaired) electrons. The number of ether oxygens (including phenoxy) is 1. The van der Waals surface area contributed by atoms with Crippen LogP contribution in [0.4, 0.5) is 4.79 Å². The van der Waals surface area contributed by atoms with E-state index in [1.165, 1.54) is 0 Å². The standard InChI is InChI=1S/C17H26N4O3/c1-2-24-17(23)21-10-7-14(8-11-21)20-16(18)19-9-6-13-4-3-5-15(22)12-13/h3-5,12,14,22H,2,6-11H2,1H3,(H3,18,19,20). The number of nitrogens with zero attached hydrogens (tertiary/aromatic N) is 2. The van der Waals surface area contributed by atoms with Crippen molar-refractivity contribution in [3.05, 3.63) is 29.8 Å². The molecule has 0 saturated carbocycles. The Balaban J connectivity index is 1.71. The fourth-order valence-corrected chi connectivity index (χ4v) is 2.69. The lowest BCUT2D eigenvalue weighted by atomic mass is 10.1. The van der Waals surface area contributed by atoms with E-state index >= 15 is 0 Å². The van der Waals surface area contributed by atoms with Gasteiger partial charge in [0.05, 0.1) is 6.61 Å². The van der Waals surface area contributed by atoms with Crippen molar-refractivity contribution in [3.8, 4) is 5.75 Å². The van der Waals surface area contributed by atoms with Crippen LogP contribution in [-0.2, 0) is 11.2 Å². The highest BCUT2D eigenvalue weighted by atomic mass is 16.6. The van der Waals surface area contributed by atoms with Gasteiger partial charge in [0.15, 0.2) is 5.96 Å². The minimum atomic E-state index is -0.247. The molecule has 7 heteroatoms. The minimum absolute atomic E-state index is 0.222. The summed E-state index contributed by atoms with van der Waals surface area (Å²) in [5.74, 6) is 0.681. The number of aromatic hydroxyl groups is 1. The van der Waals surface area contributed by atoms with Crippen LogP contribution in [-0.4, -0.2) is 54.3 Å². The molecule has 0 bridgehead atoms. The SMILES string of the molecule is CCOC(=O)N1CCC(NC(N)=NCCc2cccc(O)c2)CC1. The number of carbonyl (C=O) groups excluding carboxylic acids is 1.